The SMILES string of the molecule is C=CC1(n2ccc(=O)[nH]c2=O)O[C@H](C(O)Br)[C@@H](O)[C@@H]1O. The van der Waals surface area contributed by atoms with Crippen molar-refractivity contribution in [2.24, 2.45) is 0 Å². The minimum Gasteiger partial charge on any atom is -0.387 e. The molecule has 1 aliphatic rings. The van der Waals surface area contributed by atoms with Crippen LogP contribution in [0.3, 0.4) is 0 Å². The van der Waals surface area contributed by atoms with Crippen molar-refractivity contribution in [1.29, 1.82) is 0 Å². The lowest BCUT2D eigenvalue weighted by molar-refractivity contribution is -0.118. The van der Waals surface area contributed by atoms with Gasteiger partial charge in [-0.1, -0.05) is 22.5 Å². The molecule has 1 aromatic rings. The summed E-state index contributed by atoms with van der Waals surface area (Å²) in [6.45, 7) is 3.49. The van der Waals surface area contributed by atoms with Crippen LogP contribution in [-0.2, 0) is 10.5 Å². The summed E-state index contributed by atoms with van der Waals surface area (Å²) < 4.78 is 6.31. The van der Waals surface area contributed by atoms with Crippen molar-refractivity contribution < 1.29 is 20.1 Å². The third kappa shape index (κ3) is 2.17. The lowest BCUT2D eigenvalue weighted by Crippen LogP contribution is -2.50. The molecule has 8 nitrogen and oxygen atoms in total. The highest BCUT2D eigenvalue weighted by Gasteiger charge is 2.56. The summed E-state index contributed by atoms with van der Waals surface area (Å²) in [5.41, 5.74) is -3.25. The second-order valence-corrected chi connectivity index (χ2v) is 5.26. The molecule has 9 heteroatoms. The van der Waals surface area contributed by atoms with Crippen molar-refractivity contribution in [2.45, 2.75) is 29.1 Å². The minimum atomic E-state index is -1.79. The third-order valence-electron chi connectivity index (χ3n) is 3.17. The average Bonchev–Trinajstić information content (AvgIpc) is 2.64. The van der Waals surface area contributed by atoms with Crippen molar-refractivity contribution in [3.05, 3.63) is 45.8 Å². The Morgan fingerprint density at radius 2 is 2.20 bits per heavy atom. The van der Waals surface area contributed by atoms with Gasteiger partial charge in [-0.15, -0.1) is 0 Å². The van der Waals surface area contributed by atoms with Crippen molar-refractivity contribution in [1.82, 2.24) is 9.55 Å². The van der Waals surface area contributed by atoms with Crippen molar-refractivity contribution in [3.8, 4) is 0 Å². The van der Waals surface area contributed by atoms with Crippen LogP contribution in [-0.4, -0.2) is 48.2 Å². The zero-order valence-electron chi connectivity index (χ0n) is 10.1. The molecule has 0 aromatic carbocycles. The van der Waals surface area contributed by atoms with Crippen LogP contribution >= 0.6 is 15.9 Å². The first-order valence-electron chi connectivity index (χ1n) is 5.65. The van der Waals surface area contributed by atoms with Gasteiger partial charge in [-0.2, -0.15) is 0 Å². The van der Waals surface area contributed by atoms with E-state index >= 15 is 0 Å². The number of alkyl halides is 1. The molecule has 0 radical (unpaired) electrons. The first-order valence-corrected chi connectivity index (χ1v) is 6.57. The minimum absolute atomic E-state index is 0.615. The highest BCUT2D eigenvalue weighted by atomic mass is 79.9. The number of aliphatic hydroxyl groups excluding tert-OH is 3. The van der Waals surface area contributed by atoms with Crippen molar-refractivity contribution in [3.63, 3.8) is 0 Å². The number of nitrogens with zero attached hydrogens (tertiary/aromatic N) is 1. The fraction of sp³-hybridized carbons (Fsp3) is 0.455. The second-order valence-electron chi connectivity index (χ2n) is 4.33. The van der Waals surface area contributed by atoms with Crippen LogP contribution in [0.15, 0.2) is 34.5 Å². The molecule has 110 valence electrons. The highest BCUT2D eigenvalue weighted by molar-refractivity contribution is 9.09. The van der Waals surface area contributed by atoms with Crippen LogP contribution in [0.2, 0.25) is 0 Å². The smallest absolute Gasteiger partial charge is 0.331 e. The molecule has 0 saturated carbocycles. The van der Waals surface area contributed by atoms with Gasteiger partial charge in [0.1, 0.15) is 23.3 Å². The van der Waals surface area contributed by atoms with E-state index in [2.05, 4.69) is 22.5 Å². The fourth-order valence-corrected chi connectivity index (χ4v) is 2.58. The van der Waals surface area contributed by atoms with Crippen molar-refractivity contribution in [2.75, 3.05) is 0 Å². The zero-order valence-corrected chi connectivity index (χ0v) is 11.7. The van der Waals surface area contributed by atoms with E-state index < -0.39 is 40.3 Å². The van der Waals surface area contributed by atoms with Gasteiger partial charge in [-0.25, -0.2) is 4.79 Å². The van der Waals surface area contributed by atoms with Gasteiger partial charge in [0.2, 0.25) is 0 Å². The zero-order chi connectivity index (χ0) is 15.1. The van der Waals surface area contributed by atoms with Crippen LogP contribution in [0, 0.1) is 0 Å². The second kappa shape index (κ2) is 5.26. The normalized spacial score (nSPS) is 34.9. The molecule has 1 aliphatic heterocycles. The number of rotatable bonds is 3. The lowest BCUT2D eigenvalue weighted by atomic mass is 10.0. The molecule has 1 aromatic heterocycles. The summed E-state index contributed by atoms with van der Waals surface area (Å²) in [7, 11) is 0. The van der Waals surface area contributed by atoms with E-state index in [0.717, 1.165) is 22.9 Å². The number of ether oxygens (including phenoxy) is 1. The molecule has 2 rings (SSSR count). The molecule has 1 saturated heterocycles. The number of H-pyrrole nitrogens is 1. The van der Waals surface area contributed by atoms with Crippen LogP contribution in [0.4, 0.5) is 0 Å². The fourth-order valence-electron chi connectivity index (χ4n) is 2.16. The molecule has 0 bridgehead atoms. The van der Waals surface area contributed by atoms with Gasteiger partial charge in [0, 0.05) is 12.3 Å². The molecule has 2 heterocycles. The third-order valence-corrected chi connectivity index (χ3v) is 3.69. The van der Waals surface area contributed by atoms with Gasteiger partial charge in [0.25, 0.3) is 5.56 Å². The average molecular weight is 349 g/mol. The van der Waals surface area contributed by atoms with Gasteiger partial charge in [-0.3, -0.25) is 14.3 Å². The van der Waals surface area contributed by atoms with E-state index in [1.165, 1.54) is 0 Å². The van der Waals surface area contributed by atoms with E-state index in [9.17, 15) is 24.9 Å². The summed E-state index contributed by atoms with van der Waals surface area (Å²) in [6.07, 6.45) is -1.96. The Hall–Kier alpha value is -1.26. The lowest BCUT2D eigenvalue weighted by Gasteiger charge is -2.30. The highest BCUT2D eigenvalue weighted by Crippen LogP contribution is 2.37. The summed E-state index contributed by atoms with van der Waals surface area (Å²) >= 11 is 2.83. The van der Waals surface area contributed by atoms with E-state index in [-0.39, 0.29) is 0 Å². The first-order chi connectivity index (χ1) is 9.33. The standard InChI is InChI=1S/C11H13BrN2O6/c1-2-11(14-4-3-5(15)13-10(14)19)8(17)6(16)7(20-11)9(12)18/h2-4,6-9,16-18H,1H2,(H,13,15,19)/t6-,7+,8+,9?,11?/m1/s1. The van der Waals surface area contributed by atoms with E-state index in [1.807, 2.05) is 4.98 Å². The number of hydrogen-bond donors (Lipinski definition) is 4. The Balaban J connectivity index is 2.58. The number of hydrogen-bond acceptors (Lipinski definition) is 6. The van der Waals surface area contributed by atoms with Gasteiger partial charge >= 0.3 is 5.69 Å². The molecular formula is C11H13BrN2O6. The topological polar surface area (TPSA) is 125 Å². The quantitative estimate of drug-likeness (QED) is 0.377. The maximum atomic E-state index is 11.8. The van der Waals surface area contributed by atoms with Crippen LogP contribution in [0.1, 0.15) is 0 Å². The molecule has 20 heavy (non-hydrogen) atoms. The Morgan fingerprint density at radius 3 is 2.65 bits per heavy atom. The molecule has 5 atom stereocenters. The molecule has 0 aliphatic carbocycles. The number of halogens is 1. The van der Waals surface area contributed by atoms with Crippen LogP contribution in [0.5, 0.6) is 0 Å². The van der Waals surface area contributed by atoms with E-state index in [4.69, 9.17) is 4.74 Å². The molecule has 0 spiro atoms. The summed E-state index contributed by atoms with van der Waals surface area (Å²) in [5, 5.41) is 28.3. The van der Waals surface area contributed by atoms with Crippen LogP contribution < -0.4 is 11.2 Å². The number of aromatic amines is 1. The molecule has 1 fully saturated rings. The number of aromatic nitrogens is 2. The van der Waals surface area contributed by atoms with Gasteiger partial charge in [0.05, 0.1) is 0 Å². The molecular weight excluding hydrogens is 336 g/mol. The maximum Gasteiger partial charge on any atom is 0.331 e. The molecule has 2 unspecified atom stereocenters. The Morgan fingerprint density at radius 1 is 1.55 bits per heavy atom. The Labute approximate surface area is 121 Å². The predicted molar refractivity (Wildman–Crippen MR) is 71.3 cm³/mol. The molecule has 4 N–H and O–H groups in total. The van der Waals surface area contributed by atoms with Gasteiger partial charge in [0.15, 0.2) is 5.72 Å². The van der Waals surface area contributed by atoms with Crippen LogP contribution in [0.25, 0.3) is 0 Å². The Kier molecular flexibility index (Phi) is 3.98. The van der Waals surface area contributed by atoms with E-state index in [1.54, 1.807) is 0 Å². The summed E-state index contributed by atoms with van der Waals surface area (Å²) in [5.74, 6) is 0. The van der Waals surface area contributed by atoms with Gasteiger partial charge in [-0.05, 0) is 6.08 Å². The maximum absolute atomic E-state index is 11.8. The Bertz CT molecular complexity index is 626. The number of nitrogens with one attached hydrogen (secondary N) is 1. The monoisotopic (exact) mass is 348 g/mol. The predicted octanol–water partition coefficient (Wildman–Crippen LogP) is -1.79. The summed E-state index contributed by atoms with van der Waals surface area (Å²) in [4.78, 5) is 24.9. The summed E-state index contributed by atoms with van der Waals surface area (Å²) in [6, 6.07) is 1.06. The number of aliphatic hydroxyl groups is 3. The van der Waals surface area contributed by atoms with Gasteiger partial charge < -0.3 is 20.1 Å². The largest absolute Gasteiger partial charge is 0.387 e. The molecule has 0 amide bonds. The van der Waals surface area contributed by atoms with Crippen molar-refractivity contribution >= 4 is 15.9 Å². The van der Waals surface area contributed by atoms with E-state index in [0.29, 0.717) is 0 Å². The first kappa shape index (κ1) is 15.1.